The Morgan fingerprint density at radius 1 is 1.47 bits per heavy atom. The average molecular weight is 242 g/mol. The van der Waals surface area contributed by atoms with Gasteiger partial charge in [0.15, 0.2) is 0 Å². The van der Waals surface area contributed by atoms with Crippen molar-refractivity contribution in [3.63, 3.8) is 0 Å². The van der Waals surface area contributed by atoms with Crippen molar-refractivity contribution in [3.8, 4) is 0 Å². The first-order chi connectivity index (χ1) is 7.97. The summed E-state index contributed by atoms with van der Waals surface area (Å²) in [6, 6.07) is -0.861. The number of carboxylic acid groups (broad SMARTS) is 1. The van der Waals surface area contributed by atoms with E-state index in [1.54, 1.807) is 11.8 Å². The fourth-order valence-electron chi connectivity index (χ4n) is 2.19. The number of aliphatic carboxylic acids is 1. The van der Waals surface area contributed by atoms with Crippen LogP contribution in [0, 0.1) is 5.92 Å². The lowest BCUT2D eigenvalue weighted by Gasteiger charge is -2.38. The van der Waals surface area contributed by atoms with Crippen molar-refractivity contribution in [1.82, 2.24) is 10.2 Å². The highest BCUT2D eigenvalue weighted by atomic mass is 16.4. The van der Waals surface area contributed by atoms with Gasteiger partial charge in [0.1, 0.15) is 6.04 Å². The highest BCUT2D eigenvalue weighted by Gasteiger charge is 2.30. The summed E-state index contributed by atoms with van der Waals surface area (Å²) in [4.78, 5) is 24.6. The number of hydrogen-bond donors (Lipinski definition) is 2. The van der Waals surface area contributed by atoms with E-state index in [0.717, 1.165) is 12.8 Å². The van der Waals surface area contributed by atoms with Gasteiger partial charge in [-0.3, -0.25) is 0 Å². The molecular formula is C12H22N2O3. The maximum absolute atomic E-state index is 12.0. The van der Waals surface area contributed by atoms with Gasteiger partial charge in [0.05, 0.1) is 0 Å². The molecule has 98 valence electrons. The van der Waals surface area contributed by atoms with Gasteiger partial charge in [-0.25, -0.2) is 9.59 Å². The highest BCUT2D eigenvalue weighted by Crippen LogP contribution is 2.22. The fraction of sp³-hybridized carbons (Fsp3) is 0.833. The van der Waals surface area contributed by atoms with E-state index in [0.29, 0.717) is 18.9 Å². The predicted molar refractivity (Wildman–Crippen MR) is 64.8 cm³/mol. The molecule has 0 aliphatic carbocycles. The molecule has 1 saturated heterocycles. The summed E-state index contributed by atoms with van der Waals surface area (Å²) in [5.41, 5.74) is 0. The van der Waals surface area contributed by atoms with Crippen molar-refractivity contribution < 1.29 is 14.7 Å². The summed E-state index contributed by atoms with van der Waals surface area (Å²) < 4.78 is 0. The molecule has 2 amide bonds. The third-order valence-electron chi connectivity index (χ3n) is 3.64. The van der Waals surface area contributed by atoms with Crippen LogP contribution in [-0.4, -0.2) is 40.6 Å². The Bertz CT molecular complexity index is 293. The summed E-state index contributed by atoms with van der Waals surface area (Å²) >= 11 is 0. The van der Waals surface area contributed by atoms with Gasteiger partial charge in [-0.15, -0.1) is 0 Å². The first-order valence-electron chi connectivity index (χ1n) is 6.27. The number of carbonyl (C=O) groups excluding carboxylic acids is 1. The first-order valence-corrected chi connectivity index (χ1v) is 6.27. The molecule has 0 aromatic heterocycles. The molecule has 0 spiro atoms. The number of amides is 2. The van der Waals surface area contributed by atoms with Crippen LogP contribution in [0.1, 0.15) is 40.0 Å². The van der Waals surface area contributed by atoms with Crippen molar-refractivity contribution in [3.05, 3.63) is 0 Å². The normalized spacial score (nSPS) is 26.4. The largest absolute Gasteiger partial charge is 0.480 e. The van der Waals surface area contributed by atoms with E-state index < -0.39 is 12.0 Å². The number of urea groups is 1. The standard InChI is InChI=1S/C12H22N2O3/c1-4-10(11(15)16)13-12(17)14-7-5-6-8(2)9(14)3/h8-10H,4-7H2,1-3H3,(H,13,17)(H,15,16)/t8?,9?,10-/m0/s1. The Morgan fingerprint density at radius 3 is 2.65 bits per heavy atom. The topological polar surface area (TPSA) is 69.6 Å². The first kappa shape index (κ1) is 13.8. The van der Waals surface area contributed by atoms with Crippen LogP contribution in [0.2, 0.25) is 0 Å². The van der Waals surface area contributed by atoms with Crippen LogP contribution in [-0.2, 0) is 4.79 Å². The van der Waals surface area contributed by atoms with Gasteiger partial charge in [0.25, 0.3) is 0 Å². The van der Waals surface area contributed by atoms with E-state index in [4.69, 9.17) is 5.11 Å². The van der Waals surface area contributed by atoms with Crippen LogP contribution < -0.4 is 5.32 Å². The number of likely N-dealkylation sites (tertiary alicyclic amines) is 1. The van der Waals surface area contributed by atoms with Crippen molar-refractivity contribution >= 4 is 12.0 Å². The smallest absolute Gasteiger partial charge is 0.326 e. The Labute approximate surface area is 102 Å². The van der Waals surface area contributed by atoms with Crippen molar-refractivity contribution in [2.24, 2.45) is 5.92 Å². The van der Waals surface area contributed by atoms with Gasteiger partial charge in [0.2, 0.25) is 0 Å². The number of nitrogens with one attached hydrogen (secondary N) is 1. The number of hydrogen-bond acceptors (Lipinski definition) is 2. The monoisotopic (exact) mass is 242 g/mol. The van der Waals surface area contributed by atoms with Crippen LogP contribution >= 0.6 is 0 Å². The van der Waals surface area contributed by atoms with Gasteiger partial charge in [-0.2, -0.15) is 0 Å². The number of carbonyl (C=O) groups is 2. The van der Waals surface area contributed by atoms with E-state index in [1.165, 1.54) is 0 Å². The molecule has 5 heteroatoms. The number of nitrogens with zero attached hydrogens (tertiary/aromatic N) is 1. The summed E-state index contributed by atoms with van der Waals surface area (Å²) in [6.07, 6.45) is 2.52. The lowest BCUT2D eigenvalue weighted by Crippen LogP contribution is -2.53. The fourth-order valence-corrected chi connectivity index (χ4v) is 2.19. The zero-order chi connectivity index (χ0) is 13.0. The minimum Gasteiger partial charge on any atom is -0.480 e. The SMILES string of the molecule is CC[C@H](NC(=O)N1CCCC(C)C1C)C(=O)O. The molecule has 0 radical (unpaired) electrons. The number of piperidine rings is 1. The third kappa shape index (κ3) is 3.35. The molecule has 1 fully saturated rings. The van der Waals surface area contributed by atoms with Gasteiger partial charge >= 0.3 is 12.0 Å². The van der Waals surface area contributed by atoms with Crippen molar-refractivity contribution in [2.45, 2.75) is 52.1 Å². The van der Waals surface area contributed by atoms with Crippen molar-refractivity contribution in [1.29, 1.82) is 0 Å². The number of carboxylic acids is 1. The van der Waals surface area contributed by atoms with Crippen LogP contribution in [0.3, 0.4) is 0 Å². The molecular weight excluding hydrogens is 220 g/mol. The minimum absolute atomic E-state index is 0.176. The molecule has 1 heterocycles. The zero-order valence-corrected chi connectivity index (χ0v) is 10.8. The Kier molecular flexibility index (Phi) is 4.78. The summed E-state index contributed by atoms with van der Waals surface area (Å²) in [5, 5.41) is 11.5. The molecule has 1 rings (SSSR count). The molecule has 0 aromatic carbocycles. The number of rotatable bonds is 3. The molecule has 1 aliphatic rings. The van der Waals surface area contributed by atoms with Gasteiger partial charge in [-0.05, 0) is 32.1 Å². The Balaban J connectivity index is 2.60. The third-order valence-corrected chi connectivity index (χ3v) is 3.64. The second kappa shape index (κ2) is 5.89. The second-order valence-electron chi connectivity index (χ2n) is 4.80. The Morgan fingerprint density at radius 2 is 2.12 bits per heavy atom. The molecule has 0 aromatic rings. The lowest BCUT2D eigenvalue weighted by molar-refractivity contribution is -0.139. The van der Waals surface area contributed by atoms with E-state index in [9.17, 15) is 9.59 Å². The van der Waals surface area contributed by atoms with Gasteiger partial charge in [-0.1, -0.05) is 13.8 Å². The van der Waals surface area contributed by atoms with Gasteiger partial charge in [0, 0.05) is 12.6 Å². The highest BCUT2D eigenvalue weighted by molar-refractivity contribution is 5.82. The summed E-state index contributed by atoms with van der Waals surface area (Å²) in [7, 11) is 0. The van der Waals surface area contributed by atoms with E-state index in [-0.39, 0.29) is 12.1 Å². The molecule has 1 aliphatic heterocycles. The maximum atomic E-state index is 12.0. The molecule has 5 nitrogen and oxygen atoms in total. The lowest BCUT2D eigenvalue weighted by atomic mass is 9.92. The average Bonchev–Trinajstić information content (AvgIpc) is 2.28. The minimum atomic E-state index is -0.974. The van der Waals surface area contributed by atoms with Crippen LogP contribution in [0.25, 0.3) is 0 Å². The molecule has 0 saturated carbocycles. The van der Waals surface area contributed by atoms with Gasteiger partial charge < -0.3 is 15.3 Å². The van der Waals surface area contributed by atoms with E-state index >= 15 is 0 Å². The molecule has 17 heavy (non-hydrogen) atoms. The molecule has 2 N–H and O–H groups in total. The van der Waals surface area contributed by atoms with Crippen molar-refractivity contribution in [2.75, 3.05) is 6.54 Å². The summed E-state index contributed by atoms with van der Waals surface area (Å²) in [6.45, 7) is 6.61. The second-order valence-corrected chi connectivity index (χ2v) is 4.80. The zero-order valence-electron chi connectivity index (χ0n) is 10.8. The molecule has 0 bridgehead atoms. The van der Waals surface area contributed by atoms with Crippen LogP contribution in [0.15, 0.2) is 0 Å². The quantitative estimate of drug-likeness (QED) is 0.791. The summed E-state index contributed by atoms with van der Waals surface area (Å²) in [5.74, 6) is -0.502. The predicted octanol–water partition coefficient (Wildman–Crippen LogP) is 1.68. The maximum Gasteiger partial charge on any atom is 0.326 e. The van der Waals surface area contributed by atoms with E-state index in [2.05, 4.69) is 12.2 Å². The van der Waals surface area contributed by atoms with Crippen LogP contribution in [0.4, 0.5) is 4.79 Å². The Hall–Kier alpha value is -1.26. The molecule has 3 atom stereocenters. The van der Waals surface area contributed by atoms with E-state index in [1.807, 2.05) is 6.92 Å². The van der Waals surface area contributed by atoms with Crippen LogP contribution in [0.5, 0.6) is 0 Å². The molecule has 2 unspecified atom stereocenters.